The number of unbranched alkanes of at least 4 members (excludes halogenated alkanes) is 1. The number of aromatic nitrogens is 1. The standard InChI is InChI=1S/C15H19N3O6/c1-4-5-8-23-15(20)9(2)17-13-11(24-10(3)14(17)19)6-7-12(16-13)18(21)22/h6-7,9-10H,4-5,8H2,1-3H3. The van der Waals surface area contributed by atoms with Gasteiger partial charge in [-0.1, -0.05) is 13.3 Å². The predicted octanol–water partition coefficient (Wildman–Crippen LogP) is 1.84. The molecule has 1 aromatic heterocycles. The van der Waals surface area contributed by atoms with Crippen molar-refractivity contribution in [2.75, 3.05) is 11.5 Å². The molecule has 0 aliphatic carbocycles. The van der Waals surface area contributed by atoms with Gasteiger partial charge in [0.25, 0.3) is 11.7 Å². The van der Waals surface area contributed by atoms with Gasteiger partial charge in [0.1, 0.15) is 6.04 Å². The van der Waals surface area contributed by atoms with E-state index in [-0.39, 0.29) is 18.2 Å². The number of amides is 1. The SMILES string of the molecule is CCCCOC(=O)C(C)N1C(=O)C(C)Oc2ccc([N+](=O)[O-])nc21. The van der Waals surface area contributed by atoms with Crippen LogP contribution in [0.2, 0.25) is 0 Å². The van der Waals surface area contributed by atoms with E-state index in [1.54, 1.807) is 0 Å². The molecule has 1 aliphatic heterocycles. The Morgan fingerprint density at radius 3 is 2.88 bits per heavy atom. The maximum absolute atomic E-state index is 12.4. The molecule has 1 amide bonds. The Labute approximate surface area is 138 Å². The number of fused-ring (bicyclic) bond motifs is 1. The number of nitrogens with zero attached hydrogens (tertiary/aromatic N) is 3. The van der Waals surface area contributed by atoms with Crippen molar-refractivity contribution in [1.82, 2.24) is 4.98 Å². The molecule has 2 unspecified atom stereocenters. The van der Waals surface area contributed by atoms with E-state index in [4.69, 9.17) is 9.47 Å². The largest absolute Gasteiger partial charge is 0.475 e. The number of esters is 1. The summed E-state index contributed by atoms with van der Waals surface area (Å²) in [6.07, 6.45) is 0.754. The molecular weight excluding hydrogens is 318 g/mol. The lowest BCUT2D eigenvalue weighted by atomic mass is 10.2. The molecule has 0 aromatic carbocycles. The van der Waals surface area contributed by atoms with Crippen LogP contribution in [0.1, 0.15) is 33.6 Å². The number of carbonyl (C=O) groups is 2. The minimum absolute atomic E-state index is 0.0489. The molecule has 0 bridgehead atoms. The number of hydrogen-bond donors (Lipinski definition) is 0. The molecule has 0 radical (unpaired) electrons. The molecule has 0 N–H and O–H groups in total. The van der Waals surface area contributed by atoms with Crippen molar-refractivity contribution in [2.24, 2.45) is 0 Å². The van der Waals surface area contributed by atoms with Gasteiger partial charge in [-0.15, -0.1) is 0 Å². The quantitative estimate of drug-likeness (QED) is 0.337. The van der Waals surface area contributed by atoms with E-state index in [0.717, 1.165) is 11.3 Å². The monoisotopic (exact) mass is 337 g/mol. The lowest BCUT2D eigenvalue weighted by Crippen LogP contribution is -2.52. The van der Waals surface area contributed by atoms with Crippen LogP contribution in [0.25, 0.3) is 0 Å². The van der Waals surface area contributed by atoms with Gasteiger partial charge >= 0.3 is 11.8 Å². The number of hydrogen-bond acceptors (Lipinski definition) is 7. The molecule has 0 fully saturated rings. The summed E-state index contributed by atoms with van der Waals surface area (Å²) in [6.45, 7) is 5.25. The third-order valence-corrected chi connectivity index (χ3v) is 3.60. The number of pyridine rings is 1. The van der Waals surface area contributed by atoms with Gasteiger partial charge in [0.15, 0.2) is 11.9 Å². The fraction of sp³-hybridized carbons (Fsp3) is 0.533. The van der Waals surface area contributed by atoms with Crippen molar-refractivity contribution in [3.05, 3.63) is 22.2 Å². The predicted molar refractivity (Wildman–Crippen MR) is 83.8 cm³/mol. The van der Waals surface area contributed by atoms with Gasteiger partial charge in [0, 0.05) is 6.07 Å². The molecule has 0 spiro atoms. The third-order valence-electron chi connectivity index (χ3n) is 3.60. The highest BCUT2D eigenvalue weighted by atomic mass is 16.6. The molecule has 2 atom stereocenters. The minimum Gasteiger partial charge on any atom is -0.475 e. The van der Waals surface area contributed by atoms with Crippen LogP contribution in [0.4, 0.5) is 11.6 Å². The van der Waals surface area contributed by atoms with Crippen molar-refractivity contribution in [3.8, 4) is 5.75 Å². The zero-order valence-electron chi connectivity index (χ0n) is 13.7. The molecule has 2 rings (SSSR count). The first-order chi connectivity index (χ1) is 11.4. The van der Waals surface area contributed by atoms with Crippen molar-refractivity contribution >= 4 is 23.5 Å². The van der Waals surface area contributed by atoms with Gasteiger partial charge in [-0.2, -0.15) is 0 Å². The van der Waals surface area contributed by atoms with Crippen LogP contribution in [-0.4, -0.2) is 40.5 Å². The van der Waals surface area contributed by atoms with Gasteiger partial charge < -0.3 is 19.6 Å². The molecular formula is C15H19N3O6. The first kappa shape index (κ1) is 17.6. The van der Waals surface area contributed by atoms with Crippen LogP contribution in [0, 0.1) is 10.1 Å². The number of ether oxygens (including phenoxy) is 2. The highest BCUT2D eigenvalue weighted by Gasteiger charge is 2.42. The fourth-order valence-electron chi connectivity index (χ4n) is 2.25. The third kappa shape index (κ3) is 3.44. The molecule has 1 aliphatic rings. The fourth-order valence-corrected chi connectivity index (χ4v) is 2.25. The molecule has 0 saturated carbocycles. The smallest absolute Gasteiger partial charge is 0.366 e. The van der Waals surface area contributed by atoms with Crippen LogP contribution in [0.5, 0.6) is 5.75 Å². The van der Waals surface area contributed by atoms with Crippen molar-refractivity contribution in [3.63, 3.8) is 0 Å². The van der Waals surface area contributed by atoms with E-state index in [0.29, 0.717) is 6.42 Å². The molecule has 9 nitrogen and oxygen atoms in total. The summed E-state index contributed by atoms with van der Waals surface area (Å²) in [4.78, 5) is 39.8. The molecule has 2 heterocycles. The van der Waals surface area contributed by atoms with E-state index in [9.17, 15) is 19.7 Å². The van der Waals surface area contributed by atoms with Crippen molar-refractivity contribution in [2.45, 2.75) is 45.8 Å². The minimum atomic E-state index is -0.964. The van der Waals surface area contributed by atoms with Crippen molar-refractivity contribution in [1.29, 1.82) is 0 Å². The van der Waals surface area contributed by atoms with Gasteiger partial charge in [-0.3, -0.25) is 9.69 Å². The van der Waals surface area contributed by atoms with Crippen LogP contribution >= 0.6 is 0 Å². The topological polar surface area (TPSA) is 112 Å². The number of rotatable bonds is 6. The highest BCUT2D eigenvalue weighted by Crippen LogP contribution is 2.35. The second-order valence-corrected chi connectivity index (χ2v) is 5.41. The maximum Gasteiger partial charge on any atom is 0.366 e. The average molecular weight is 337 g/mol. The molecule has 9 heteroatoms. The molecule has 130 valence electrons. The molecule has 1 aromatic rings. The summed E-state index contributed by atoms with van der Waals surface area (Å²) in [5.74, 6) is -1.37. The summed E-state index contributed by atoms with van der Waals surface area (Å²) in [5, 5.41) is 10.9. The first-order valence-corrected chi connectivity index (χ1v) is 7.68. The Kier molecular flexibility index (Phi) is 5.32. The zero-order valence-corrected chi connectivity index (χ0v) is 13.7. The van der Waals surface area contributed by atoms with E-state index in [2.05, 4.69) is 4.98 Å². The summed E-state index contributed by atoms with van der Waals surface area (Å²) in [5.41, 5.74) is 0. The Bertz CT molecular complexity index is 663. The molecule has 0 saturated heterocycles. The summed E-state index contributed by atoms with van der Waals surface area (Å²) in [7, 11) is 0. The van der Waals surface area contributed by atoms with E-state index in [1.165, 1.54) is 26.0 Å². The van der Waals surface area contributed by atoms with Crippen LogP contribution < -0.4 is 9.64 Å². The highest BCUT2D eigenvalue weighted by molar-refractivity contribution is 6.03. The normalized spacial score (nSPS) is 17.7. The number of anilines is 1. The van der Waals surface area contributed by atoms with E-state index in [1.807, 2.05) is 6.92 Å². The Hall–Kier alpha value is -2.71. The van der Waals surface area contributed by atoms with Gasteiger partial charge in [-0.05, 0) is 36.2 Å². The van der Waals surface area contributed by atoms with Crippen LogP contribution in [0.3, 0.4) is 0 Å². The van der Waals surface area contributed by atoms with Gasteiger partial charge in [0.2, 0.25) is 0 Å². The second-order valence-electron chi connectivity index (χ2n) is 5.41. The molecule has 24 heavy (non-hydrogen) atoms. The summed E-state index contributed by atoms with van der Waals surface area (Å²) in [6, 6.07) is 1.59. The Morgan fingerprint density at radius 2 is 2.25 bits per heavy atom. The summed E-state index contributed by atoms with van der Waals surface area (Å²) < 4.78 is 10.5. The average Bonchev–Trinajstić information content (AvgIpc) is 2.55. The Balaban J connectivity index is 2.34. The number of nitro groups is 1. The van der Waals surface area contributed by atoms with Gasteiger partial charge in [0.05, 0.1) is 6.61 Å². The first-order valence-electron chi connectivity index (χ1n) is 7.68. The Morgan fingerprint density at radius 1 is 1.54 bits per heavy atom. The zero-order chi connectivity index (χ0) is 17.9. The summed E-state index contributed by atoms with van der Waals surface area (Å²) >= 11 is 0. The maximum atomic E-state index is 12.4. The van der Waals surface area contributed by atoms with Crippen LogP contribution in [-0.2, 0) is 14.3 Å². The van der Waals surface area contributed by atoms with E-state index >= 15 is 0 Å². The van der Waals surface area contributed by atoms with E-state index < -0.39 is 34.8 Å². The van der Waals surface area contributed by atoms with Crippen LogP contribution in [0.15, 0.2) is 12.1 Å². The number of carbonyl (C=O) groups excluding carboxylic acids is 2. The lowest BCUT2D eigenvalue weighted by Gasteiger charge is -2.32. The van der Waals surface area contributed by atoms with Crippen molar-refractivity contribution < 1.29 is 24.0 Å². The van der Waals surface area contributed by atoms with Gasteiger partial charge in [-0.25, -0.2) is 4.79 Å². The lowest BCUT2D eigenvalue weighted by molar-refractivity contribution is -0.389. The second kappa shape index (κ2) is 7.24.